The molecule has 30 heavy (non-hydrogen) atoms. The Morgan fingerprint density at radius 3 is 2.73 bits per heavy atom. The molecule has 0 aliphatic rings. The van der Waals surface area contributed by atoms with Crippen molar-refractivity contribution in [2.24, 2.45) is 0 Å². The minimum atomic E-state index is -4.36. The van der Waals surface area contributed by atoms with Crippen LogP contribution in [0.25, 0.3) is 15.8 Å². The molecule has 0 aliphatic carbocycles. The minimum absolute atomic E-state index is 0.217. The highest BCUT2D eigenvalue weighted by molar-refractivity contribution is 7.19. The Kier molecular flexibility index (Phi) is 5.34. The van der Waals surface area contributed by atoms with Gasteiger partial charge in [0.05, 0.1) is 22.6 Å². The lowest BCUT2D eigenvalue weighted by Gasteiger charge is -2.08. The number of halogens is 3. The second kappa shape index (κ2) is 7.95. The Labute approximate surface area is 174 Å². The molecule has 2 heterocycles. The molecule has 0 radical (unpaired) electrons. The van der Waals surface area contributed by atoms with Crippen LogP contribution in [0.4, 0.5) is 13.2 Å². The smallest absolute Gasteiger partial charge is 0.416 e. The van der Waals surface area contributed by atoms with Crippen molar-refractivity contribution in [2.45, 2.75) is 19.5 Å². The van der Waals surface area contributed by atoms with E-state index in [0.29, 0.717) is 12.0 Å². The summed E-state index contributed by atoms with van der Waals surface area (Å²) in [5, 5.41) is 0.978. The Morgan fingerprint density at radius 2 is 1.97 bits per heavy atom. The molecule has 0 aliphatic heterocycles. The van der Waals surface area contributed by atoms with Gasteiger partial charge in [0, 0.05) is 17.5 Å². The summed E-state index contributed by atoms with van der Waals surface area (Å²) in [5.74, 6) is -0.486. The summed E-state index contributed by atoms with van der Waals surface area (Å²) in [5.41, 5.74) is 1.02. The SMILES string of the molecule is CCOC(=O)c1cn(-c2cccc3cc(Cc4cccc(C(F)(F)F)c4)sc23)cn1. The normalized spacial score (nSPS) is 11.7. The van der Waals surface area contributed by atoms with E-state index in [1.165, 1.54) is 23.5 Å². The first-order valence-corrected chi connectivity index (χ1v) is 10.1. The van der Waals surface area contributed by atoms with Crippen LogP contribution in [0.5, 0.6) is 0 Å². The lowest BCUT2D eigenvalue weighted by molar-refractivity contribution is -0.137. The van der Waals surface area contributed by atoms with Gasteiger partial charge in [-0.1, -0.05) is 30.3 Å². The van der Waals surface area contributed by atoms with Crippen LogP contribution in [-0.2, 0) is 17.3 Å². The molecule has 4 rings (SSSR count). The van der Waals surface area contributed by atoms with Crippen molar-refractivity contribution in [3.8, 4) is 5.69 Å². The summed E-state index contributed by atoms with van der Waals surface area (Å²) in [7, 11) is 0. The number of rotatable bonds is 5. The molecule has 0 spiro atoms. The van der Waals surface area contributed by atoms with E-state index in [2.05, 4.69) is 4.98 Å². The Hall–Kier alpha value is -3.13. The van der Waals surface area contributed by atoms with Crippen LogP contribution in [0.15, 0.2) is 61.1 Å². The molecule has 0 bridgehead atoms. The number of carbonyl (C=O) groups is 1. The van der Waals surface area contributed by atoms with E-state index in [-0.39, 0.29) is 12.3 Å². The van der Waals surface area contributed by atoms with Gasteiger partial charge in [0.15, 0.2) is 5.69 Å². The summed E-state index contributed by atoms with van der Waals surface area (Å²) >= 11 is 1.51. The van der Waals surface area contributed by atoms with Crippen molar-refractivity contribution in [1.29, 1.82) is 0 Å². The van der Waals surface area contributed by atoms with Crippen molar-refractivity contribution in [2.75, 3.05) is 6.61 Å². The number of aromatic nitrogens is 2. The van der Waals surface area contributed by atoms with Gasteiger partial charge >= 0.3 is 12.1 Å². The highest BCUT2D eigenvalue weighted by Gasteiger charge is 2.30. The number of hydrogen-bond acceptors (Lipinski definition) is 4. The monoisotopic (exact) mass is 430 g/mol. The molecule has 2 aromatic heterocycles. The van der Waals surface area contributed by atoms with Gasteiger partial charge in [-0.15, -0.1) is 11.3 Å². The number of benzene rings is 2. The second-order valence-electron chi connectivity index (χ2n) is 6.67. The van der Waals surface area contributed by atoms with E-state index < -0.39 is 17.7 Å². The number of esters is 1. The number of nitrogens with zero attached hydrogens (tertiary/aromatic N) is 2. The molecule has 2 aromatic carbocycles. The standard InChI is InChI=1S/C22H17F3N2O2S/c1-2-29-21(28)18-12-27(13-26-18)19-8-4-6-15-11-17(30-20(15)19)10-14-5-3-7-16(9-14)22(23,24)25/h3-9,11-13H,2,10H2,1H3. The number of fused-ring (bicyclic) bond motifs is 1. The van der Waals surface area contributed by atoms with E-state index in [1.54, 1.807) is 30.1 Å². The predicted octanol–water partition coefficient (Wildman–Crippen LogP) is 5.87. The first kappa shape index (κ1) is 20.2. The van der Waals surface area contributed by atoms with Gasteiger partial charge in [-0.25, -0.2) is 9.78 Å². The van der Waals surface area contributed by atoms with Gasteiger partial charge in [-0.3, -0.25) is 0 Å². The topological polar surface area (TPSA) is 44.1 Å². The summed E-state index contributed by atoms with van der Waals surface area (Å²) in [4.78, 5) is 16.9. The molecule has 154 valence electrons. The zero-order valence-corrected chi connectivity index (χ0v) is 16.8. The molecular formula is C22H17F3N2O2S. The van der Waals surface area contributed by atoms with Crippen LogP contribution in [0.1, 0.15) is 33.4 Å². The van der Waals surface area contributed by atoms with Crippen LogP contribution in [0.3, 0.4) is 0 Å². The third-order valence-electron chi connectivity index (χ3n) is 4.55. The van der Waals surface area contributed by atoms with Crippen molar-refractivity contribution in [3.05, 3.63) is 82.8 Å². The van der Waals surface area contributed by atoms with E-state index >= 15 is 0 Å². The number of thiophene rings is 1. The Bertz CT molecular complexity index is 1210. The van der Waals surface area contributed by atoms with E-state index in [1.807, 2.05) is 24.3 Å². The van der Waals surface area contributed by atoms with Crippen LogP contribution in [-0.4, -0.2) is 22.1 Å². The number of imidazole rings is 1. The maximum absolute atomic E-state index is 13.0. The second-order valence-corrected chi connectivity index (χ2v) is 7.81. The average Bonchev–Trinajstić information content (AvgIpc) is 3.34. The maximum atomic E-state index is 13.0. The fourth-order valence-electron chi connectivity index (χ4n) is 3.22. The molecular weight excluding hydrogens is 413 g/mol. The van der Waals surface area contributed by atoms with Gasteiger partial charge in [0.2, 0.25) is 0 Å². The predicted molar refractivity (Wildman–Crippen MR) is 109 cm³/mol. The van der Waals surface area contributed by atoms with E-state index in [9.17, 15) is 18.0 Å². The molecule has 0 fully saturated rings. The molecule has 0 amide bonds. The van der Waals surface area contributed by atoms with Crippen molar-refractivity contribution in [1.82, 2.24) is 9.55 Å². The molecule has 0 saturated carbocycles. The zero-order valence-electron chi connectivity index (χ0n) is 15.9. The molecule has 0 saturated heterocycles. The lowest BCUT2D eigenvalue weighted by Crippen LogP contribution is -2.05. The molecule has 8 heteroatoms. The molecule has 4 aromatic rings. The number of carbonyl (C=O) groups excluding carboxylic acids is 1. The van der Waals surface area contributed by atoms with Crippen molar-refractivity contribution >= 4 is 27.4 Å². The molecule has 4 nitrogen and oxygen atoms in total. The Morgan fingerprint density at radius 1 is 1.17 bits per heavy atom. The van der Waals surface area contributed by atoms with Gasteiger partial charge in [-0.2, -0.15) is 13.2 Å². The first-order valence-electron chi connectivity index (χ1n) is 9.24. The average molecular weight is 430 g/mol. The lowest BCUT2D eigenvalue weighted by atomic mass is 10.1. The Balaban J connectivity index is 1.66. The fourth-order valence-corrected chi connectivity index (χ4v) is 4.43. The summed E-state index contributed by atoms with van der Waals surface area (Å²) in [6.45, 7) is 2.00. The number of alkyl halides is 3. The van der Waals surface area contributed by atoms with Crippen LogP contribution in [0.2, 0.25) is 0 Å². The first-order chi connectivity index (χ1) is 14.3. The minimum Gasteiger partial charge on any atom is -0.461 e. The van der Waals surface area contributed by atoms with Gasteiger partial charge in [-0.05, 0) is 36.1 Å². The molecule has 0 unspecified atom stereocenters. The molecule has 0 N–H and O–H groups in total. The summed E-state index contributed by atoms with van der Waals surface area (Å²) in [6.07, 6.45) is -0.797. The van der Waals surface area contributed by atoms with Gasteiger partial charge in [0.1, 0.15) is 6.33 Å². The third kappa shape index (κ3) is 4.09. The summed E-state index contributed by atoms with van der Waals surface area (Å²) in [6, 6.07) is 13.1. The number of ether oxygens (including phenoxy) is 1. The third-order valence-corrected chi connectivity index (χ3v) is 5.73. The summed E-state index contributed by atoms with van der Waals surface area (Å²) < 4.78 is 46.6. The van der Waals surface area contributed by atoms with Crippen molar-refractivity contribution < 1.29 is 22.7 Å². The van der Waals surface area contributed by atoms with E-state index in [4.69, 9.17) is 4.74 Å². The maximum Gasteiger partial charge on any atom is 0.416 e. The highest BCUT2D eigenvalue weighted by atomic mass is 32.1. The van der Waals surface area contributed by atoms with Crippen LogP contribution in [0, 0.1) is 0 Å². The molecule has 0 atom stereocenters. The van der Waals surface area contributed by atoms with Crippen LogP contribution >= 0.6 is 11.3 Å². The van der Waals surface area contributed by atoms with Gasteiger partial charge in [0.25, 0.3) is 0 Å². The highest BCUT2D eigenvalue weighted by Crippen LogP contribution is 2.34. The largest absolute Gasteiger partial charge is 0.461 e. The zero-order chi connectivity index (χ0) is 21.3. The van der Waals surface area contributed by atoms with Crippen LogP contribution < -0.4 is 0 Å². The van der Waals surface area contributed by atoms with E-state index in [0.717, 1.165) is 26.7 Å². The quantitative estimate of drug-likeness (QED) is 0.372. The van der Waals surface area contributed by atoms with Crippen molar-refractivity contribution in [3.63, 3.8) is 0 Å². The number of hydrogen-bond donors (Lipinski definition) is 0. The van der Waals surface area contributed by atoms with Gasteiger partial charge < -0.3 is 9.30 Å². The fraction of sp³-hybridized carbons (Fsp3) is 0.182.